The fourth-order valence-electron chi connectivity index (χ4n) is 2.25. The summed E-state index contributed by atoms with van der Waals surface area (Å²) in [6.07, 6.45) is 1.47. The number of hydrogen-bond donors (Lipinski definition) is 0. The number of benzene rings is 1. The van der Waals surface area contributed by atoms with E-state index in [4.69, 9.17) is 9.68 Å². The SMILES string of the molecule is Cc1ccc2c(Cn3cnc(C#N)n3)cc(=O)oc2c1C. The van der Waals surface area contributed by atoms with Gasteiger partial charge in [0.2, 0.25) is 0 Å². The third kappa shape index (κ3) is 2.30. The van der Waals surface area contributed by atoms with Crippen LogP contribution in [0.3, 0.4) is 0 Å². The molecule has 21 heavy (non-hydrogen) atoms. The van der Waals surface area contributed by atoms with Crippen molar-refractivity contribution in [2.24, 2.45) is 0 Å². The lowest BCUT2D eigenvalue weighted by atomic mass is 10.0. The third-order valence-corrected chi connectivity index (χ3v) is 3.49. The fourth-order valence-corrected chi connectivity index (χ4v) is 2.25. The molecule has 0 unspecified atom stereocenters. The van der Waals surface area contributed by atoms with E-state index in [0.29, 0.717) is 12.1 Å². The molecule has 2 heterocycles. The van der Waals surface area contributed by atoms with Gasteiger partial charge in [0.1, 0.15) is 18.0 Å². The molecule has 6 nitrogen and oxygen atoms in total. The molecule has 3 rings (SSSR count). The highest BCUT2D eigenvalue weighted by atomic mass is 16.4. The van der Waals surface area contributed by atoms with E-state index < -0.39 is 5.63 Å². The van der Waals surface area contributed by atoms with Crippen molar-refractivity contribution in [3.63, 3.8) is 0 Å². The highest BCUT2D eigenvalue weighted by molar-refractivity contribution is 5.83. The van der Waals surface area contributed by atoms with Crippen LogP contribution in [0.1, 0.15) is 22.5 Å². The number of aromatic nitrogens is 3. The molecule has 0 aliphatic rings. The van der Waals surface area contributed by atoms with Gasteiger partial charge in [-0.1, -0.05) is 12.1 Å². The first-order valence-electron chi connectivity index (χ1n) is 6.41. The summed E-state index contributed by atoms with van der Waals surface area (Å²) in [7, 11) is 0. The number of aryl methyl sites for hydroxylation is 2. The van der Waals surface area contributed by atoms with Crippen LogP contribution in [0.4, 0.5) is 0 Å². The molecule has 1 aromatic carbocycles. The predicted octanol–water partition coefficient (Wildman–Crippen LogP) is 1.92. The second-order valence-electron chi connectivity index (χ2n) is 4.85. The molecule has 0 fully saturated rings. The van der Waals surface area contributed by atoms with Crippen LogP contribution in [0.2, 0.25) is 0 Å². The molecule has 0 amide bonds. The molecule has 104 valence electrons. The van der Waals surface area contributed by atoms with Crippen LogP contribution < -0.4 is 5.63 Å². The average Bonchev–Trinajstić information content (AvgIpc) is 2.91. The standard InChI is InChI=1S/C15H12N4O2/c1-9-3-4-12-11(5-14(20)21-15(12)10(9)2)7-19-8-17-13(6-16)18-19/h3-5,8H,7H2,1-2H3. The third-order valence-electron chi connectivity index (χ3n) is 3.49. The number of hydrogen-bond acceptors (Lipinski definition) is 5. The molecule has 0 saturated carbocycles. The Morgan fingerprint density at radius 2 is 2.19 bits per heavy atom. The summed E-state index contributed by atoms with van der Waals surface area (Å²) in [6, 6.07) is 7.24. The van der Waals surface area contributed by atoms with Gasteiger partial charge in [-0.05, 0) is 30.5 Å². The van der Waals surface area contributed by atoms with Crippen LogP contribution in [0.25, 0.3) is 11.0 Å². The molecule has 0 aliphatic heterocycles. The zero-order valence-electron chi connectivity index (χ0n) is 11.6. The van der Waals surface area contributed by atoms with Gasteiger partial charge >= 0.3 is 5.63 Å². The van der Waals surface area contributed by atoms with Crippen LogP contribution in [-0.2, 0) is 6.54 Å². The lowest BCUT2D eigenvalue weighted by Gasteiger charge is -2.08. The fraction of sp³-hybridized carbons (Fsp3) is 0.200. The van der Waals surface area contributed by atoms with E-state index in [0.717, 1.165) is 22.1 Å². The number of rotatable bonds is 2. The first kappa shape index (κ1) is 13.1. The molecule has 2 aromatic heterocycles. The molecular formula is C15H12N4O2. The molecule has 0 atom stereocenters. The van der Waals surface area contributed by atoms with E-state index in [1.807, 2.05) is 32.0 Å². The van der Waals surface area contributed by atoms with Gasteiger partial charge in [0.25, 0.3) is 5.82 Å². The zero-order chi connectivity index (χ0) is 15.0. The Balaban J connectivity index is 2.16. The molecule has 0 spiro atoms. The van der Waals surface area contributed by atoms with Gasteiger partial charge in [-0.2, -0.15) is 5.26 Å². The monoisotopic (exact) mass is 280 g/mol. The molecule has 6 heteroatoms. The van der Waals surface area contributed by atoms with Crippen LogP contribution in [-0.4, -0.2) is 14.8 Å². The van der Waals surface area contributed by atoms with Crippen LogP contribution >= 0.6 is 0 Å². The summed E-state index contributed by atoms with van der Waals surface area (Å²) < 4.78 is 6.85. The van der Waals surface area contributed by atoms with Gasteiger partial charge < -0.3 is 4.42 Å². The molecule has 0 N–H and O–H groups in total. The van der Waals surface area contributed by atoms with Gasteiger partial charge in [-0.3, -0.25) is 0 Å². The summed E-state index contributed by atoms with van der Waals surface area (Å²) in [5, 5.41) is 13.6. The molecular weight excluding hydrogens is 268 g/mol. The largest absolute Gasteiger partial charge is 0.422 e. The van der Waals surface area contributed by atoms with E-state index in [2.05, 4.69) is 10.1 Å². The minimum atomic E-state index is -0.396. The quantitative estimate of drug-likeness (QED) is 0.669. The summed E-state index contributed by atoms with van der Waals surface area (Å²) in [6.45, 7) is 4.25. The lowest BCUT2D eigenvalue weighted by Crippen LogP contribution is -2.07. The van der Waals surface area contributed by atoms with Crippen molar-refractivity contribution in [3.05, 3.63) is 57.5 Å². The molecule has 3 aromatic rings. The summed E-state index contributed by atoms with van der Waals surface area (Å²) >= 11 is 0. The van der Waals surface area contributed by atoms with E-state index in [-0.39, 0.29) is 5.82 Å². The maximum absolute atomic E-state index is 11.8. The Morgan fingerprint density at radius 3 is 2.90 bits per heavy atom. The summed E-state index contributed by atoms with van der Waals surface area (Å²) in [5.41, 5.74) is 3.00. The Bertz CT molecular complexity index is 931. The maximum atomic E-state index is 11.8. The second kappa shape index (κ2) is 4.87. The number of nitriles is 1. The van der Waals surface area contributed by atoms with Crippen molar-refractivity contribution in [1.82, 2.24) is 14.8 Å². The normalized spacial score (nSPS) is 10.7. The van der Waals surface area contributed by atoms with Gasteiger partial charge in [0.15, 0.2) is 0 Å². The minimum absolute atomic E-state index is 0.106. The molecule has 0 radical (unpaired) electrons. The Kier molecular flexibility index (Phi) is 3.03. The minimum Gasteiger partial charge on any atom is -0.422 e. The Morgan fingerprint density at radius 1 is 1.38 bits per heavy atom. The van der Waals surface area contributed by atoms with Crippen molar-refractivity contribution in [2.45, 2.75) is 20.4 Å². The van der Waals surface area contributed by atoms with Gasteiger partial charge in [0.05, 0.1) is 6.54 Å². The first-order valence-corrected chi connectivity index (χ1v) is 6.41. The maximum Gasteiger partial charge on any atom is 0.336 e. The molecule has 0 saturated heterocycles. The molecule has 0 aliphatic carbocycles. The van der Waals surface area contributed by atoms with Gasteiger partial charge in [0, 0.05) is 11.5 Å². The highest BCUT2D eigenvalue weighted by Crippen LogP contribution is 2.23. The second-order valence-corrected chi connectivity index (χ2v) is 4.85. The predicted molar refractivity (Wildman–Crippen MR) is 75.8 cm³/mol. The highest BCUT2D eigenvalue weighted by Gasteiger charge is 2.10. The zero-order valence-corrected chi connectivity index (χ0v) is 11.6. The first-order chi connectivity index (χ1) is 10.1. The number of fused-ring (bicyclic) bond motifs is 1. The Hall–Kier alpha value is -2.94. The lowest BCUT2D eigenvalue weighted by molar-refractivity contribution is 0.553. The van der Waals surface area contributed by atoms with E-state index >= 15 is 0 Å². The van der Waals surface area contributed by atoms with E-state index in [9.17, 15) is 4.79 Å². The Labute approximate surface area is 120 Å². The van der Waals surface area contributed by atoms with Crippen LogP contribution in [0.5, 0.6) is 0 Å². The number of nitrogens with zero attached hydrogens (tertiary/aromatic N) is 4. The summed E-state index contributed by atoms with van der Waals surface area (Å²) in [5.74, 6) is 0.106. The van der Waals surface area contributed by atoms with Crippen LogP contribution in [0, 0.1) is 25.2 Å². The van der Waals surface area contributed by atoms with Gasteiger partial charge in [-0.25, -0.2) is 14.5 Å². The van der Waals surface area contributed by atoms with Crippen molar-refractivity contribution >= 4 is 11.0 Å². The molecule has 0 bridgehead atoms. The smallest absolute Gasteiger partial charge is 0.336 e. The van der Waals surface area contributed by atoms with Gasteiger partial charge in [-0.15, -0.1) is 5.10 Å². The van der Waals surface area contributed by atoms with E-state index in [1.165, 1.54) is 17.1 Å². The van der Waals surface area contributed by atoms with Crippen molar-refractivity contribution < 1.29 is 4.42 Å². The topological polar surface area (TPSA) is 84.7 Å². The van der Waals surface area contributed by atoms with Crippen molar-refractivity contribution in [2.75, 3.05) is 0 Å². The van der Waals surface area contributed by atoms with Crippen molar-refractivity contribution in [3.8, 4) is 6.07 Å². The van der Waals surface area contributed by atoms with Crippen LogP contribution in [0.15, 0.2) is 33.7 Å². The van der Waals surface area contributed by atoms with E-state index in [1.54, 1.807) is 0 Å². The van der Waals surface area contributed by atoms with Crippen molar-refractivity contribution in [1.29, 1.82) is 5.26 Å². The summed E-state index contributed by atoms with van der Waals surface area (Å²) in [4.78, 5) is 15.6. The average molecular weight is 280 g/mol.